The molecule has 1 rings (SSSR count). The van der Waals surface area contributed by atoms with E-state index < -0.39 is 5.54 Å². The zero-order valence-electron chi connectivity index (χ0n) is 9.82. The van der Waals surface area contributed by atoms with Crippen LogP contribution in [0.25, 0.3) is 0 Å². The molecule has 1 aromatic rings. The molecule has 0 aromatic carbocycles. The molecule has 0 spiro atoms. The molecule has 0 atom stereocenters. The Bertz CT molecular complexity index is 331. The summed E-state index contributed by atoms with van der Waals surface area (Å²) in [7, 11) is 3.84. The van der Waals surface area contributed by atoms with Gasteiger partial charge in [-0.1, -0.05) is 6.07 Å². The SMILES string of the molecule is CN(C)C(C)(C)C(=O)Cc1cccnc1. The average molecular weight is 206 g/mol. The average Bonchev–Trinajstić information content (AvgIpc) is 2.18. The second-order valence-electron chi connectivity index (χ2n) is 4.41. The van der Waals surface area contributed by atoms with Crippen LogP contribution in [0.4, 0.5) is 0 Å². The van der Waals surface area contributed by atoms with Gasteiger partial charge in [-0.25, -0.2) is 0 Å². The van der Waals surface area contributed by atoms with Crippen LogP contribution in [0.2, 0.25) is 0 Å². The zero-order valence-corrected chi connectivity index (χ0v) is 9.82. The van der Waals surface area contributed by atoms with Crippen molar-refractivity contribution in [2.45, 2.75) is 25.8 Å². The van der Waals surface area contributed by atoms with Gasteiger partial charge in [0.15, 0.2) is 5.78 Å². The van der Waals surface area contributed by atoms with E-state index in [0.717, 1.165) is 5.56 Å². The Morgan fingerprint density at radius 2 is 2.13 bits per heavy atom. The van der Waals surface area contributed by atoms with Gasteiger partial charge in [0, 0.05) is 18.8 Å². The van der Waals surface area contributed by atoms with Gasteiger partial charge in [0.05, 0.1) is 5.54 Å². The molecule has 0 N–H and O–H groups in total. The van der Waals surface area contributed by atoms with E-state index in [0.29, 0.717) is 6.42 Å². The number of hydrogen-bond donors (Lipinski definition) is 0. The third kappa shape index (κ3) is 2.86. The molecule has 0 radical (unpaired) electrons. The Morgan fingerprint density at radius 1 is 1.47 bits per heavy atom. The van der Waals surface area contributed by atoms with Crippen LogP contribution in [0.5, 0.6) is 0 Å². The third-order valence-corrected chi connectivity index (χ3v) is 2.89. The Kier molecular flexibility index (Phi) is 3.58. The molecule has 15 heavy (non-hydrogen) atoms. The number of nitrogens with zero attached hydrogens (tertiary/aromatic N) is 2. The number of likely N-dealkylation sites (N-methyl/N-ethyl adjacent to an activating group) is 1. The van der Waals surface area contributed by atoms with E-state index in [1.807, 2.05) is 45.0 Å². The molecule has 0 aliphatic carbocycles. The molecule has 0 saturated carbocycles. The van der Waals surface area contributed by atoms with Crippen molar-refractivity contribution in [1.82, 2.24) is 9.88 Å². The predicted octanol–water partition coefficient (Wildman–Crippen LogP) is 1.53. The third-order valence-electron chi connectivity index (χ3n) is 2.89. The molecule has 0 aliphatic rings. The van der Waals surface area contributed by atoms with Crippen LogP contribution in [0.3, 0.4) is 0 Å². The first kappa shape index (κ1) is 11.9. The molecule has 3 heteroatoms. The number of carbonyl (C=O) groups excluding carboxylic acids is 1. The van der Waals surface area contributed by atoms with Crippen molar-refractivity contribution in [1.29, 1.82) is 0 Å². The van der Waals surface area contributed by atoms with Crippen molar-refractivity contribution >= 4 is 5.78 Å². The minimum Gasteiger partial charge on any atom is -0.298 e. The lowest BCUT2D eigenvalue weighted by atomic mass is 9.93. The summed E-state index contributed by atoms with van der Waals surface area (Å²) in [5, 5.41) is 0. The quantitative estimate of drug-likeness (QED) is 0.749. The number of Topliss-reactive ketones (excluding diaryl/α,β-unsaturated/α-hetero) is 1. The van der Waals surface area contributed by atoms with Crippen LogP contribution in [-0.4, -0.2) is 35.3 Å². The van der Waals surface area contributed by atoms with Crippen LogP contribution in [0.15, 0.2) is 24.5 Å². The van der Waals surface area contributed by atoms with Gasteiger partial charge in [0.25, 0.3) is 0 Å². The summed E-state index contributed by atoms with van der Waals surface area (Å²) in [5.74, 6) is 0.209. The van der Waals surface area contributed by atoms with E-state index >= 15 is 0 Å². The van der Waals surface area contributed by atoms with Crippen LogP contribution >= 0.6 is 0 Å². The van der Waals surface area contributed by atoms with Gasteiger partial charge in [0.1, 0.15) is 0 Å². The molecule has 0 saturated heterocycles. The fourth-order valence-corrected chi connectivity index (χ4v) is 1.15. The second-order valence-corrected chi connectivity index (χ2v) is 4.41. The zero-order chi connectivity index (χ0) is 11.5. The maximum absolute atomic E-state index is 12.0. The molecular weight excluding hydrogens is 188 g/mol. The highest BCUT2D eigenvalue weighted by Crippen LogP contribution is 2.14. The summed E-state index contributed by atoms with van der Waals surface area (Å²) in [6, 6.07) is 3.78. The highest BCUT2D eigenvalue weighted by atomic mass is 16.1. The van der Waals surface area contributed by atoms with E-state index in [4.69, 9.17) is 0 Å². The van der Waals surface area contributed by atoms with Crippen molar-refractivity contribution in [2.24, 2.45) is 0 Å². The van der Waals surface area contributed by atoms with E-state index in [1.54, 1.807) is 12.4 Å². The molecule has 82 valence electrons. The number of carbonyl (C=O) groups is 1. The van der Waals surface area contributed by atoms with Crippen LogP contribution in [-0.2, 0) is 11.2 Å². The predicted molar refractivity (Wildman–Crippen MR) is 60.7 cm³/mol. The summed E-state index contributed by atoms with van der Waals surface area (Å²) in [5.41, 5.74) is 0.549. The van der Waals surface area contributed by atoms with Gasteiger partial charge in [-0.2, -0.15) is 0 Å². The molecule has 0 aliphatic heterocycles. The van der Waals surface area contributed by atoms with Gasteiger partial charge in [0.2, 0.25) is 0 Å². The largest absolute Gasteiger partial charge is 0.298 e. The fraction of sp³-hybridized carbons (Fsp3) is 0.500. The van der Waals surface area contributed by atoms with Crippen molar-refractivity contribution in [3.8, 4) is 0 Å². The molecule has 1 heterocycles. The summed E-state index contributed by atoms with van der Waals surface area (Å²) in [6.07, 6.45) is 3.90. The monoisotopic (exact) mass is 206 g/mol. The minimum absolute atomic E-state index is 0.209. The van der Waals surface area contributed by atoms with E-state index in [2.05, 4.69) is 4.98 Å². The second kappa shape index (κ2) is 4.53. The summed E-state index contributed by atoms with van der Waals surface area (Å²) in [6.45, 7) is 3.87. The van der Waals surface area contributed by atoms with Gasteiger partial charge in [-0.15, -0.1) is 0 Å². The van der Waals surface area contributed by atoms with Crippen molar-refractivity contribution < 1.29 is 4.79 Å². The Labute approximate surface area is 91.1 Å². The van der Waals surface area contributed by atoms with Crippen LogP contribution in [0, 0.1) is 0 Å². The fourth-order valence-electron chi connectivity index (χ4n) is 1.15. The lowest BCUT2D eigenvalue weighted by molar-refractivity contribution is -0.127. The highest BCUT2D eigenvalue weighted by molar-refractivity contribution is 5.89. The Morgan fingerprint density at radius 3 is 2.60 bits per heavy atom. The molecule has 1 aromatic heterocycles. The lowest BCUT2D eigenvalue weighted by Crippen LogP contribution is -2.46. The molecular formula is C12H18N2O. The van der Waals surface area contributed by atoms with Gasteiger partial charge in [-0.3, -0.25) is 14.7 Å². The van der Waals surface area contributed by atoms with Gasteiger partial charge < -0.3 is 0 Å². The first-order valence-corrected chi connectivity index (χ1v) is 5.04. The Hall–Kier alpha value is -1.22. The van der Waals surface area contributed by atoms with Crippen molar-refractivity contribution in [3.63, 3.8) is 0 Å². The maximum atomic E-state index is 12.0. The standard InChI is InChI=1S/C12H18N2O/c1-12(2,14(3)4)11(15)8-10-6-5-7-13-9-10/h5-7,9H,8H2,1-4H3. The first-order chi connectivity index (χ1) is 6.94. The van der Waals surface area contributed by atoms with E-state index in [1.165, 1.54) is 0 Å². The van der Waals surface area contributed by atoms with Crippen molar-refractivity contribution in [3.05, 3.63) is 30.1 Å². The Balaban J connectivity index is 2.72. The maximum Gasteiger partial charge on any atom is 0.156 e. The van der Waals surface area contributed by atoms with Crippen molar-refractivity contribution in [2.75, 3.05) is 14.1 Å². The summed E-state index contributed by atoms with van der Waals surface area (Å²) in [4.78, 5) is 17.9. The van der Waals surface area contributed by atoms with Crippen LogP contribution < -0.4 is 0 Å². The van der Waals surface area contributed by atoms with Crippen LogP contribution in [0.1, 0.15) is 19.4 Å². The highest BCUT2D eigenvalue weighted by Gasteiger charge is 2.29. The number of pyridine rings is 1. The first-order valence-electron chi connectivity index (χ1n) is 5.04. The molecule has 0 unspecified atom stereocenters. The van der Waals surface area contributed by atoms with E-state index in [9.17, 15) is 4.79 Å². The van der Waals surface area contributed by atoms with E-state index in [-0.39, 0.29) is 5.78 Å². The molecule has 3 nitrogen and oxygen atoms in total. The lowest BCUT2D eigenvalue weighted by Gasteiger charge is -2.30. The molecule has 0 amide bonds. The van der Waals surface area contributed by atoms with Gasteiger partial charge >= 0.3 is 0 Å². The number of aromatic nitrogens is 1. The normalized spacial score (nSPS) is 11.8. The number of hydrogen-bond acceptors (Lipinski definition) is 3. The molecule has 0 fully saturated rings. The number of ketones is 1. The summed E-state index contributed by atoms with van der Waals surface area (Å²) >= 11 is 0. The number of rotatable bonds is 4. The topological polar surface area (TPSA) is 33.2 Å². The summed E-state index contributed by atoms with van der Waals surface area (Å²) < 4.78 is 0. The molecule has 0 bridgehead atoms. The minimum atomic E-state index is -0.421. The smallest absolute Gasteiger partial charge is 0.156 e. The van der Waals surface area contributed by atoms with Gasteiger partial charge in [-0.05, 0) is 39.6 Å².